The first-order valence-electron chi connectivity index (χ1n) is 5.80. The van der Waals surface area contributed by atoms with Gasteiger partial charge in [0, 0.05) is 11.1 Å². The molecule has 1 fully saturated rings. The minimum absolute atomic E-state index is 0.425. The van der Waals surface area contributed by atoms with Gasteiger partial charge in [0.15, 0.2) is 0 Å². The number of nitrogens with one attached hydrogen (secondary N) is 1. The third kappa shape index (κ3) is 2.76. The minimum Gasteiger partial charge on any atom is -0.385 e. The summed E-state index contributed by atoms with van der Waals surface area (Å²) in [5, 5.41) is 14.6. The lowest BCUT2D eigenvalue weighted by atomic mass is 9.89. The van der Waals surface area contributed by atoms with E-state index in [2.05, 4.69) is 5.32 Å². The van der Waals surface area contributed by atoms with Crippen LogP contribution in [0, 0.1) is 0 Å². The lowest BCUT2D eigenvalue weighted by Gasteiger charge is -2.27. The number of hydrogen-bond acceptors (Lipinski definition) is 2. The number of aliphatic hydroxyl groups is 1. The zero-order valence-corrected chi connectivity index (χ0v) is 10.3. The SMILES string of the molecule is CC(O)(CC1CCCN1)c1cccc(Cl)c1. The first-order chi connectivity index (χ1) is 7.58. The van der Waals surface area contributed by atoms with E-state index in [-0.39, 0.29) is 0 Å². The third-order valence-corrected chi connectivity index (χ3v) is 3.49. The van der Waals surface area contributed by atoms with Gasteiger partial charge >= 0.3 is 0 Å². The fourth-order valence-electron chi connectivity index (χ4n) is 2.35. The average molecular weight is 240 g/mol. The fourth-order valence-corrected chi connectivity index (χ4v) is 2.54. The molecule has 1 aromatic rings. The van der Waals surface area contributed by atoms with Crippen LogP contribution in [0.1, 0.15) is 31.7 Å². The molecule has 1 aromatic carbocycles. The van der Waals surface area contributed by atoms with Crippen LogP contribution in [-0.4, -0.2) is 17.7 Å². The average Bonchev–Trinajstić information content (AvgIpc) is 2.70. The predicted molar refractivity (Wildman–Crippen MR) is 66.7 cm³/mol. The van der Waals surface area contributed by atoms with Crippen LogP contribution in [0.4, 0.5) is 0 Å². The van der Waals surface area contributed by atoms with Crippen molar-refractivity contribution >= 4 is 11.6 Å². The molecule has 1 saturated heterocycles. The summed E-state index contributed by atoms with van der Waals surface area (Å²) < 4.78 is 0. The molecule has 88 valence electrons. The lowest BCUT2D eigenvalue weighted by molar-refractivity contribution is 0.0385. The normalized spacial score (nSPS) is 24.3. The van der Waals surface area contributed by atoms with Crippen molar-refractivity contribution in [2.24, 2.45) is 0 Å². The van der Waals surface area contributed by atoms with Gasteiger partial charge in [-0.15, -0.1) is 0 Å². The van der Waals surface area contributed by atoms with Gasteiger partial charge in [-0.2, -0.15) is 0 Å². The van der Waals surface area contributed by atoms with E-state index in [0.29, 0.717) is 11.1 Å². The number of hydrogen-bond donors (Lipinski definition) is 2. The zero-order chi connectivity index (χ0) is 11.6. The topological polar surface area (TPSA) is 32.3 Å². The highest BCUT2D eigenvalue weighted by atomic mass is 35.5. The highest BCUT2D eigenvalue weighted by Crippen LogP contribution is 2.29. The van der Waals surface area contributed by atoms with Gasteiger partial charge in [0.1, 0.15) is 0 Å². The molecule has 2 rings (SSSR count). The molecule has 1 aliphatic rings. The van der Waals surface area contributed by atoms with Gasteiger partial charge in [-0.1, -0.05) is 23.7 Å². The Morgan fingerprint density at radius 2 is 2.38 bits per heavy atom. The van der Waals surface area contributed by atoms with Gasteiger partial charge in [-0.25, -0.2) is 0 Å². The summed E-state index contributed by atoms with van der Waals surface area (Å²) in [7, 11) is 0. The van der Waals surface area contributed by atoms with Crippen molar-refractivity contribution < 1.29 is 5.11 Å². The summed E-state index contributed by atoms with van der Waals surface area (Å²) in [4.78, 5) is 0. The minimum atomic E-state index is -0.799. The smallest absolute Gasteiger partial charge is 0.0883 e. The first kappa shape index (κ1) is 11.9. The van der Waals surface area contributed by atoms with E-state index in [9.17, 15) is 5.11 Å². The van der Waals surface area contributed by atoms with Gasteiger partial charge < -0.3 is 10.4 Å². The van der Waals surface area contributed by atoms with Crippen LogP contribution in [0.15, 0.2) is 24.3 Å². The van der Waals surface area contributed by atoms with Gasteiger partial charge in [-0.3, -0.25) is 0 Å². The van der Waals surface area contributed by atoms with Crippen molar-refractivity contribution in [3.63, 3.8) is 0 Å². The molecule has 1 heterocycles. The second-order valence-corrected chi connectivity index (χ2v) is 5.22. The number of halogens is 1. The molecule has 16 heavy (non-hydrogen) atoms. The molecule has 2 N–H and O–H groups in total. The van der Waals surface area contributed by atoms with Crippen molar-refractivity contribution in [3.8, 4) is 0 Å². The maximum absolute atomic E-state index is 10.5. The molecule has 0 saturated carbocycles. The van der Waals surface area contributed by atoms with E-state index in [1.54, 1.807) is 0 Å². The van der Waals surface area contributed by atoms with Crippen molar-refractivity contribution in [2.75, 3.05) is 6.54 Å². The van der Waals surface area contributed by atoms with Crippen molar-refractivity contribution in [3.05, 3.63) is 34.9 Å². The molecule has 0 amide bonds. The maximum atomic E-state index is 10.5. The zero-order valence-electron chi connectivity index (χ0n) is 9.54. The molecule has 0 bridgehead atoms. The van der Waals surface area contributed by atoms with Gasteiger partial charge in [0.2, 0.25) is 0 Å². The Kier molecular flexibility index (Phi) is 3.53. The van der Waals surface area contributed by atoms with E-state index in [4.69, 9.17) is 11.6 Å². The molecule has 0 radical (unpaired) electrons. The van der Waals surface area contributed by atoms with Crippen LogP contribution < -0.4 is 5.32 Å². The Bertz CT molecular complexity index is 359. The van der Waals surface area contributed by atoms with E-state index >= 15 is 0 Å². The Morgan fingerprint density at radius 1 is 1.56 bits per heavy atom. The summed E-state index contributed by atoms with van der Waals surface area (Å²) in [6, 6.07) is 7.91. The highest BCUT2D eigenvalue weighted by molar-refractivity contribution is 6.30. The second-order valence-electron chi connectivity index (χ2n) is 4.78. The summed E-state index contributed by atoms with van der Waals surface area (Å²) in [6.45, 7) is 2.93. The van der Waals surface area contributed by atoms with Crippen LogP contribution >= 0.6 is 11.6 Å². The molecule has 1 aliphatic heterocycles. The molecule has 0 aliphatic carbocycles. The summed E-state index contributed by atoms with van der Waals surface area (Å²) in [5.41, 5.74) is 0.0982. The van der Waals surface area contributed by atoms with E-state index in [1.165, 1.54) is 6.42 Å². The van der Waals surface area contributed by atoms with Crippen LogP contribution in [0.3, 0.4) is 0 Å². The second kappa shape index (κ2) is 4.74. The molecule has 0 spiro atoms. The van der Waals surface area contributed by atoms with Crippen molar-refractivity contribution in [1.82, 2.24) is 5.32 Å². The molecular formula is C13H18ClNO. The Morgan fingerprint density at radius 3 is 3.00 bits per heavy atom. The summed E-state index contributed by atoms with van der Waals surface area (Å²) in [6.07, 6.45) is 3.10. The Labute approximate surface area is 102 Å². The van der Waals surface area contributed by atoms with Crippen LogP contribution in [0.25, 0.3) is 0 Å². The first-order valence-corrected chi connectivity index (χ1v) is 6.17. The van der Waals surface area contributed by atoms with Gasteiger partial charge in [0.25, 0.3) is 0 Å². The van der Waals surface area contributed by atoms with Crippen molar-refractivity contribution in [2.45, 2.75) is 37.8 Å². The molecule has 3 heteroatoms. The highest BCUT2D eigenvalue weighted by Gasteiger charge is 2.28. The van der Waals surface area contributed by atoms with Crippen molar-refractivity contribution in [1.29, 1.82) is 0 Å². The van der Waals surface area contributed by atoms with Crippen LogP contribution in [-0.2, 0) is 5.60 Å². The summed E-state index contributed by atoms with van der Waals surface area (Å²) in [5.74, 6) is 0. The quantitative estimate of drug-likeness (QED) is 0.850. The molecule has 2 atom stereocenters. The van der Waals surface area contributed by atoms with E-state index in [0.717, 1.165) is 24.9 Å². The van der Waals surface area contributed by atoms with E-state index in [1.807, 2.05) is 31.2 Å². The lowest BCUT2D eigenvalue weighted by Crippen LogP contribution is -2.32. The van der Waals surface area contributed by atoms with Gasteiger partial charge in [-0.05, 0) is 50.4 Å². The molecule has 2 nitrogen and oxygen atoms in total. The van der Waals surface area contributed by atoms with Crippen LogP contribution in [0.2, 0.25) is 5.02 Å². The monoisotopic (exact) mass is 239 g/mol. The largest absolute Gasteiger partial charge is 0.385 e. The fraction of sp³-hybridized carbons (Fsp3) is 0.538. The molecular weight excluding hydrogens is 222 g/mol. The Balaban J connectivity index is 2.10. The van der Waals surface area contributed by atoms with E-state index < -0.39 is 5.60 Å². The predicted octanol–water partition coefficient (Wildman–Crippen LogP) is 2.69. The maximum Gasteiger partial charge on any atom is 0.0883 e. The standard InChI is InChI=1S/C13H18ClNO/c1-13(16,9-12-6-3-7-15-12)10-4-2-5-11(14)8-10/h2,4-5,8,12,15-16H,3,6-7,9H2,1H3. The third-order valence-electron chi connectivity index (χ3n) is 3.25. The van der Waals surface area contributed by atoms with Crippen LogP contribution in [0.5, 0.6) is 0 Å². The number of benzene rings is 1. The van der Waals surface area contributed by atoms with Gasteiger partial charge in [0.05, 0.1) is 5.60 Å². The molecule has 2 unspecified atom stereocenters. The number of rotatable bonds is 3. The molecule has 0 aromatic heterocycles. The Hall–Kier alpha value is -0.570. The summed E-state index contributed by atoms with van der Waals surface area (Å²) >= 11 is 5.94.